The normalized spacial score (nSPS) is 10.8. The Morgan fingerprint density at radius 3 is 2.38 bits per heavy atom. The van der Waals surface area contributed by atoms with Crippen LogP contribution < -0.4 is 14.9 Å². The number of amides is 1. The average Bonchev–Trinajstić information content (AvgIpc) is 2.68. The highest BCUT2D eigenvalue weighted by Gasteiger charge is 2.13. The highest BCUT2D eigenvalue weighted by Crippen LogP contribution is 2.26. The van der Waals surface area contributed by atoms with Crippen molar-refractivity contribution in [3.63, 3.8) is 0 Å². The summed E-state index contributed by atoms with van der Waals surface area (Å²) in [5, 5.41) is 15.5. The van der Waals surface area contributed by atoms with Gasteiger partial charge in [-0.05, 0) is 46.7 Å². The molecule has 0 heterocycles. The van der Waals surface area contributed by atoms with Gasteiger partial charge in [-0.15, -0.1) is 0 Å². The fourth-order valence-corrected chi connectivity index (χ4v) is 2.57. The molecule has 0 atom stereocenters. The molecule has 0 aliphatic rings. The van der Waals surface area contributed by atoms with Gasteiger partial charge < -0.3 is 14.6 Å². The van der Waals surface area contributed by atoms with Crippen molar-refractivity contribution in [3.8, 4) is 17.2 Å². The Bertz CT molecular complexity index is 983. The maximum Gasteiger partial charge on any atom is 0.275 e. The Balaban J connectivity index is 1.80. The second-order valence-corrected chi connectivity index (χ2v) is 5.53. The number of carbonyl (C=O) groups excluding carboxylic acids is 1. The molecule has 6 nitrogen and oxygen atoms in total. The molecule has 0 saturated heterocycles. The zero-order valence-corrected chi connectivity index (χ0v) is 14.4. The zero-order valence-electron chi connectivity index (χ0n) is 14.4. The van der Waals surface area contributed by atoms with Gasteiger partial charge in [-0.2, -0.15) is 5.10 Å². The molecule has 26 heavy (non-hydrogen) atoms. The summed E-state index contributed by atoms with van der Waals surface area (Å²) < 4.78 is 10.4. The molecule has 0 aliphatic heterocycles. The Morgan fingerprint density at radius 2 is 1.69 bits per heavy atom. The largest absolute Gasteiger partial charge is 0.504 e. The van der Waals surface area contributed by atoms with E-state index in [1.165, 1.54) is 26.5 Å². The number of fused-ring (bicyclic) bond motifs is 1. The standard InChI is InChI=1S/C20H18N2O4/c1-25-18-11-15-6-4-3-5-14(15)10-16(18)20(24)22-21-12-13-7-8-17(23)19(9-13)26-2/h3-12,23H,1-2H3,(H,22,24). The van der Waals surface area contributed by atoms with E-state index in [0.29, 0.717) is 22.6 Å². The predicted molar refractivity (Wildman–Crippen MR) is 100 cm³/mol. The van der Waals surface area contributed by atoms with E-state index in [1.54, 1.807) is 18.2 Å². The first kappa shape index (κ1) is 17.3. The van der Waals surface area contributed by atoms with E-state index in [2.05, 4.69) is 10.5 Å². The van der Waals surface area contributed by atoms with E-state index in [1.807, 2.05) is 30.3 Å². The summed E-state index contributed by atoms with van der Waals surface area (Å²) in [7, 11) is 2.98. The maximum atomic E-state index is 12.5. The van der Waals surface area contributed by atoms with E-state index in [9.17, 15) is 9.90 Å². The lowest BCUT2D eigenvalue weighted by Gasteiger charge is -2.09. The minimum absolute atomic E-state index is 0.0367. The molecule has 3 aromatic rings. The van der Waals surface area contributed by atoms with Crippen molar-refractivity contribution in [1.82, 2.24) is 5.43 Å². The number of phenolic OH excluding ortho intramolecular Hbond substituents is 1. The molecule has 0 unspecified atom stereocenters. The number of nitrogens with one attached hydrogen (secondary N) is 1. The van der Waals surface area contributed by atoms with E-state index in [-0.39, 0.29) is 11.7 Å². The molecule has 132 valence electrons. The molecule has 0 saturated carbocycles. The number of hydrazone groups is 1. The van der Waals surface area contributed by atoms with E-state index in [4.69, 9.17) is 9.47 Å². The van der Waals surface area contributed by atoms with Gasteiger partial charge in [0.05, 0.1) is 26.0 Å². The van der Waals surface area contributed by atoms with Crippen LogP contribution in [0.15, 0.2) is 59.7 Å². The molecule has 0 aromatic heterocycles. The number of aromatic hydroxyl groups is 1. The van der Waals surface area contributed by atoms with E-state index < -0.39 is 0 Å². The van der Waals surface area contributed by atoms with Crippen molar-refractivity contribution >= 4 is 22.9 Å². The number of carbonyl (C=O) groups is 1. The molecule has 3 rings (SSSR count). The van der Waals surface area contributed by atoms with Crippen LogP contribution in [0.2, 0.25) is 0 Å². The van der Waals surface area contributed by atoms with Gasteiger partial charge in [0, 0.05) is 0 Å². The predicted octanol–water partition coefficient (Wildman–Crippen LogP) is 3.33. The van der Waals surface area contributed by atoms with E-state index in [0.717, 1.165) is 10.8 Å². The van der Waals surface area contributed by atoms with Crippen LogP contribution in [0.4, 0.5) is 0 Å². The average molecular weight is 350 g/mol. The number of hydrogen-bond donors (Lipinski definition) is 2. The Labute approximate surface area is 150 Å². The zero-order chi connectivity index (χ0) is 18.5. The quantitative estimate of drug-likeness (QED) is 0.546. The first-order valence-corrected chi connectivity index (χ1v) is 7.89. The third-order valence-corrected chi connectivity index (χ3v) is 3.90. The molecule has 0 radical (unpaired) electrons. The highest BCUT2D eigenvalue weighted by molar-refractivity contribution is 6.02. The van der Waals surface area contributed by atoms with Gasteiger partial charge in [-0.3, -0.25) is 4.79 Å². The molecule has 6 heteroatoms. The lowest BCUT2D eigenvalue weighted by atomic mass is 10.1. The monoisotopic (exact) mass is 350 g/mol. The van der Waals surface area contributed by atoms with Crippen molar-refractivity contribution in [2.45, 2.75) is 0 Å². The summed E-state index contributed by atoms with van der Waals surface area (Å²) in [4.78, 5) is 12.5. The number of hydrogen-bond acceptors (Lipinski definition) is 5. The summed E-state index contributed by atoms with van der Waals surface area (Å²) >= 11 is 0. The fourth-order valence-electron chi connectivity index (χ4n) is 2.57. The maximum absolute atomic E-state index is 12.5. The molecule has 3 aromatic carbocycles. The number of rotatable bonds is 5. The molecular weight excluding hydrogens is 332 g/mol. The molecule has 2 N–H and O–H groups in total. The van der Waals surface area contributed by atoms with Crippen LogP contribution in [0, 0.1) is 0 Å². The number of benzene rings is 3. The van der Waals surface area contributed by atoms with Crippen LogP contribution in [-0.4, -0.2) is 31.4 Å². The summed E-state index contributed by atoms with van der Waals surface area (Å²) in [6.07, 6.45) is 1.47. The number of methoxy groups -OCH3 is 2. The first-order valence-electron chi connectivity index (χ1n) is 7.89. The topological polar surface area (TPSA) is 80.2 Å². The summed E-state index contributed by atoms with van der Waals surface area (Å²) in [5.41, 5.74) is 3.55. The van der Waals surface area contributed by atoms with Crippen LogP contribution in [0.1, 0.15) is 15.9 Å². The van der Waals surface area contributed by atoms with Crippen LogP contribution >= 0.6 is 0 Å². The van der Waals surface area contributed by atoms with Gasteiger partial charge in [0.15, 0.2) is 11.5 Å². The molecule has 0 bridgehead atoms. The molecule has 1 amide bonds. The van der Waals surface area contributed by atoms with Gasteiger partial charge >= 0.3 is 0 Å². The molecular formula is C20H18N2O4. The fraction of sp³-hybridized carbons (Fsp3) is 0.100. The Kier molecular flexibility index (Phi) is 5.03. The van der Waals surface area contributed by atoms with E-state index >= 15 is 0 Å². The lowest BCUT2D eigenvalue weighted by molar-refractivity contribution is 0.0952. The van der Waals surface area contributed by atoms with Crippen LogP contribution in [0.3, 0.4) is 0 Å². The minimum Gasteiger partial charge on any atom is -0.504 e. The third-order valence-electron chi connectivity index (χ3n) is 3.90. The molecule has 0 aliphatic carbocycles. The number of ether oxygens (including phenoxy) is 2. The summed E-state index contributed by atoms with van der Waals surface area (Å²) in [6.45, 7) is 0. The highest BCUT2D eigenvalue weighted by atomic mass is 16.5. The summed E-state index contributed by atoms with van der Waals surface area (Å²) in [5.74, 6) is 0.461. The number of phenols is 1. The molecule has 0 spiro atoms. The van der Waals surface area contributed by atoms with Gasteiger partial charge in [0.25, 0.3) is 5.91 Å². The second-order valence-electron chi connectivity index (χ2n) is 5.53. The smallest absolute Gasteiger partial charge is 0.275 e. The van der Waals surface area contributed by atoms with Gasteiger partial charge in [0.2, 0.25) is 0 Å². The lowest BCUT2D eigenvalue weighted by Crippen LogP contribution is -2.18. The van der Waals surface area contributed by atoms with Crippen LogP contribution in [-0.2, 0) is 0 Å². The van der Waals surface area contributed by atoms with Gasteiger partial charge in [0.1, 0.15) is 5.75 Å². The molecule has 0 fully saturated rings. The number of nitrogens with zero attached hydrogens (tertiary/aromatic N) is 1. The first-order chi connectivity index (χ1) is 12.6. The third kappa shape index (κ3) is 3.59. The Hall–Kier alpha value is -3.54. The Morgan fingerprint density at radius 1 is 1.00 bits per heavy atom. The van der Waals surface area contributed by atoms with Gasteiger partial charge in [-0.25, -0.2) is 5.43 Å². The van der Waals surface area contributed by atoms with Crippen molar-refractivity contribution in [2.75, 3.05) is 14.2 Å². The van der Waals surface area contributed by atoms with Crippen molar-refractivity contribution in [2.24, 2.45) is 5.10 Å². The second kappa shape index (κ2) is 7.57. The summed E-state index contributed by atoms with van der Waals surface area (Å²) in [6, 6.07) is 16.1. The van der Waals surface area contributed by atoms with Gasteiger partial charge in [-0.1, -0.05) is 24.3 Å². The van der Waals surface area contributed by atoms with Crippen molar-refractivity contribution in [1.29, 1.82) is 0 Å². The van der Waals surface area contributed by atoms with Crippen LogP contribution in [0.5, 0.6) is 17.2 Å². The SMILES string of the molecule is COc1cc(C=NNC(=O)c2cc3ccccc3cc2OC)ccc1O. The van der Waals surface area contributed by atoms with Crippen LogP contribution in [0.25, 0.3) is 10.8 Å². The van der Waals surface area contributed by atoms with Crippen molar-refractivity contribution < 1.29 is 19.4 Å². The van der Waals surface area contributed by atoms with Crippen molar-refractivity contribution in [3.05, 3.63) is 65.7 Å². The minimum atomic E-state index is -0.380.